The Morgan fingerprint density at radius 3 is 2.79 bits per heavy atom. The first-order chi connectivity index (χ1) is 13.9. The molecule has 152 valence electrons. The van der Waals surface area contributed by atoms with Crippen molar-refractivity contribution in [1.82, 2.24) is 15.0 Å². The fourth-order valence-electron chi connectivity index (χ4n) is 3.69. The third-order valence-electron chi connectivity index (χ3n) is 5.10. The monoisotopic (exact) mass is 403 g/mol. The minimum Gasteiger partial charge on any atom is -0.497 e. The molecule has 2 aromatic carbocycles. The SMILES string of the molecule is COc1cccc(C2CCCN2Cc2nc(-c3cccc(C(F)(F)F)c3)no2)c1. The van der Waals surface area contributed by atoms with Gasteiger partial charge in [-0.1, -0.05) is 29.4 Å². The van der Waals surface area contributed by atoms with Gasteiger partial charge in [0.2, 0.25) is 11.7 Å². The first-order valence-corrected chi connectivity index (χ1v) is 9.32. The summed E-state index contributed by atoms with van der Waals surface area (Å²) in [6.45, 7) is 1.32. The summed E-state index contributed by atoms with van der Waals surface area (Å²) < 4.78 is 49.5. The molecule has 1 aliphatic heterocycles. The first kappa shape index (κ1) is 19.4. The van der Waals surface area contributed by atoms with Crippen LogP contribution < -0.4 is 4.74 Å². The highest BCUT2D eigenvalue weighted by molar-refractivity contribution is 5.55. The van der Waals surface area contributed by atoms with Crippen molar-refractivity contribution in [3.63, 3.8) is 0 Å². The summed E-state index contributed by atoms with van der Waals surface area (Å²) in [5, 5.41) is 3.88. The first-order valence-electron chi connectivity index (χ1n) is 9.32. The van der Waals surface area contributed by atoms with Crippen LogP contribution in [0.3, 0.4) is 0 Å². The highest BCUT2D eigenvalue weighted by Gasteiger charge is 2.31. The quantitative estimate of drug-likeness (QED) is 0.593. The standard InChI is InChI=1S/C21H20F3N3O2/c1-28-17-8-3-5-14(12-17)18-9-4-10-27(18)13-19-25-20(26-29-19)15-6-2-7-16(11-15)21(22,23)24/h2-3,5-8,11-12,18H,4,9-10,13H2,1H3. The summed E-state index contributed by atoms with van der Waals surface area (Å²) in [5.41, 5.74) is 0.694. The van der Waals surface area contributed by atoms with Gasteiger partial charge in [-0.05, 0) is 49.2 Å². The molecule has 1 atom stereocenters. The van der Waals surface area contributed by atoms with Crippen molar-refractivity contribution in [3.8, 4) is 17.1 Å². The number of rotatable bonds is 5. The zero-order valence-corrected chi connectivity index (χ0v) is 15.8. The maximum absolute atomic E-state index is 12.9. The molecule has 1 unspecified atom stereocenters. The van der Waals surface area contributed by atoms with Crippen LogP contribution in [-0.4, -0.2) is 28.7 Å². The van der Waals surface area contributed by atoms with Crippen LogP contribution in [0, 0.1) is 0 Å². The van der Waals surface area contributed by atoms with Crippen molar-refractivity contribution < 1.29 is 22.4 Å². The average Bonchev–Trinajstić information content (AvgIpc) is 3.37. The van der Waals surface area contributed by atoms with E-state index in [0.717, 1.165) is 42.8 Å². The Morgan fingerprint density at radius 1 is 1.17 bits per heavy atom. The van der Waals surface area contributed by atoms with Gasteiger partial charge in [-0.25, -0.2) is 0 Å². The van der Waals surface area contributed by atoms with Gasteiger partial charge in [-0.15, -0.1) is 0 Å². The van der Waals surface area contributed by atoms with Crippen LogP contribution >= 0.6 is 0 Å². The lowest BCUT2D eigenvalue weighted by atomic mass is 10.0. The number of likely N-dealkylation sites (tertiary alicyclic amines) is 1. The molecule has 2 heterocycles. The van der Waals surface area contributed by atoms with Gasteiger partial charge in [0.1, 0.15) is 5.75 Å². The van der Waals surface area contributed by atoms with Gasteiger partial charge in [0.15, 0.2) is 0 Å². The molecule has 0 radical (unpaired) electrons. The van der Waals surface area contributed by atoms with Crippen LogP contribution in [0.5, 0.6) is 5.75 Å². The van der Waals surface area contributed by atoms with Gasteiger partial charge in [0, 0.05) is 11.6 Å². The number of halogens is 3. The highest BCUT2D eigenvalue weighted by Crippen LogP contribution is 2.35. The highest BCUT2D eigenvalue weighted by atomic mass is 19.4. The number of alkyl halides is 3. The molecule has 0 bridgehead atoms. The Hall–Kier alpha value is -2.87. The van der Waals surface area contributed by atoms with Crippen LogP contribution in [0.4, 0.5) is 13.2 Å². The molecule has 0 aliphatic carbocycles. The Balaban J connectivity index is 1.51. The van der Waals surface area contributed by atoms with Crippen molar-refractivity contribution in [3.05, 3.63) is 65.5 Å². The molecule has 4 rings (SSSR count). The fraction of sp³-hybridized carbons (Fsp3) is 0.333. The number of methoxy groups -OCH3 is 1. The Kier molecular flexibility index (Phi) is 5.27. The number of hydrogen-bond acceptors (Lipinski definition) is 5. The van der Waals surface area contributed by atoms with Crippen molar-refractivity contribution in [2.75, 3.05) is 13.7 Å². The van der Waals surface area contributed by atoms with E-state index in [-0.39, 0.29) is 17.4 Å². The van der Waals surface area contributed by atoms with E-state index >= 15 is 0 Å². The molecule has 5 nitrogen and oxygen atoms in total. The van der Waals surface area contributed by atoms with E-state index in [1.165, 1.54) is 6.07 Å². The number of nitrogens with zero attached hydrogens (tertiary/aromatic N) is 3. The van der Waals surface area contributed by atoms with Crippen molar-refractivity contribution in [2.24, 2.45) is 0 Å². The van der Waals surface area contributed by atoms with Crippen molar-refractivity contribution >= 4 is 0 Å². The Labute approximate surface area is 166 Å². The average molecular weight is 403 g/mol. The van der Waals surface area contributed by atoms with E-state index in [1.54, 1.807) is 13.2 Å². The predicted octanol–water partition coefficient (Wildman–Crippen LogP) is 5.10. The lowest BCUT2D eigenvalue weighted by Crippen LogP contribution is -2.23. The molecular formula is C21H20F3N3O2. The van der Waals surface area contributed by atoms with Crippen molar-refractivity contribution in [2.45, 2.75) is 31.6 Å². The molecule has 0 N–H and O–H groups in total. The molecular weight excluding hydrogens is 383 g/mol. The maximum atomic E-state index is 12.9. The summed E-state index contributed by atoms with van der Waals surface area (Å²) in [5.74, 6) is 1.34. The van der Waals surface area contributed by atoms with Crippen LogP contribution in [0.2, 0.25) is 0 Å². The topological polar surface area (TPSA) is 51.4 Å². The minimum atomic E-state index is -4.41. The minimum absolute atomic E-state index is 0.156. The maximum Gasteiger partial charge on any atom is 0.416 e. The van der Waals surface area contributed by atoms with E-state index in [2.05, 4.69) is 21.1 Å². The largest absolute Gasteiger partial charge is 0.497 e. The second-order valence-electron chi connectivity index (χ2n) is 7.00. The van der Waals surface area contributed by atoms with Gasteiger partial charge < -0.3 is 9.26 Å². The Morgan fingerprint density at radius 2 is 2.00 bits per heavy atom. The van der Waals surface area contributed by atoms with Gasteiger partial charge in [0.25, 0.3) is 0 Å². The molecule has 1 saturated heterocycles. The summed E-state index contributed by atoms with van der Waals surface area (Å²) in [4.78, 5) is 6.55. The number of aromatic nitrogens is 2. The van der Waals surface area contributed by atoms with E-state index in [4.69, 9.17) is 9.26 Å². The van der Waals surface area contributed by atoms with Crippen LogP contribution in [-0.2, 0) is 12.7 Å². The summed E-state index contributed by atoms with van der Waals surface area (Å²) in [6.07, 6.45) is -2.37. The molecule has 1 aromatic heterocycles. The molecule has 3 aromatic rings. The van der Waals surface area contributed by atoms with E-state index in [0.29, 0.717) is 12.4 Å². The molecule has 0 amide bonds. The Bertz CT molecular complexity index is 987. The third-order valence-corrected chi connectivity index (χ3v) is 5.10. The van der Waals surface area contributed by atoms with Gasteiger partial charge in [0.05, 0.1) is 19.2 Å². The molecule has 1 aliphatic rings. The van der Waals surface area contributed by atoms with Crippen LogP contribution in [0.1, 0.15) is 35.9 Å². The lowest BCUT2D eigenvalue weighted by molar-refractivity contribution is -0.137. The number of benzene rings is 2. The third kappa shape index (κ3) is 4.27. The number of ether oxygens (including phenoxy) is 1. The smallest absolute Gasteiger partial charge is 0.416 e. The van der Waals surface area contributed by atoms with Crippen LogP contribution in [0.15, 0.2) is 53.1 Å². The molecule has 1 fully saturated rings. The van der Waals surface area contributed by atoms with E-state index < -0.39 is 11.7 Å². The zero-order chi connectivity index (χ0) is 20.4. The second kappa shape index (κ2) is 7.87. The van der Waals surface area contributed by atoms with Gasteiger partial charge in [-0.2, -0.15) is 18.2 Å². The van der Waals surface area contributed by atoms with Gasteiger partial charge in [-0.3, -0.25) is 4.90 Å². The summed E-state index contributed by atoms with van der Waals surface area (Å²) in [6, 6.07) is 13.1. The zero-order valence-electron chi connectivity index (χ0n) is 15.8. The number of hydrogen-bond donors (Lipinski definition) is 0. The molecule has 0 saturated carbocycles. The predicted molar refractivity (Wildman–Crippen MR) is 100 cm³/mol. The van der Waals surface area contributed by atoms with E-state index in [1.807, 2.05) is 18.2 Å². The summed E-state index contributed by atoms with van der Waals surface area (Å²) >= 11 is 0. The second-order valence-corrected chi connectivity index (χ2v) is 7.00. The summed E-state index contributed by atoms with van der Waals surface area (Å²) in [7, 11) is 1.64. The molecule has 29 heavy (non-hydrogen) atoms. The van der Waals surface area contributed by atoms with Gasteiger partial charge >= 0.3 is 6.18 Å². The van der Waals surface area contributed by atoms with Crippen molar-refractivity contribution in [1.29, 1.82) is 0 Å². The molecule has 0 spiro atoms. The van der Waals surface area contributed by atoms with E-state index in [9.17, 15) is 13.2 Å². The fourth-order valence-corrected chi connectivity index (χ4v) is 3.69. The van der Waals surface area contributed by atoms with Crippen LogP contribution in [0.25, 0.3) is 11.4 Å². The lowest BCUT2D eigenvalue weighted by Gasteiger charge is -2.23. The normalized spacial score (nSPS) is 17.6. The molecule has 8 heteroatoms.